The average molecular weight is 336 g/mol. The van der Waals surface area contributed by atoms with Crippen molar-refractivity contribution < 1.29 is 9.72 Å². The third-order valence-electron chi connectivity index (χ3n) is 3.85. The summed E-state index contributed by atoms with van der Waals surface area (Å²) in [7, 11) is 0. The SMILES string of the molecule is Cc1[nH]nc(C(=O)NC(c2ccccc2)c2ccccc2)c1[N+](=O)[O-]. The number of rotatable bonds is 5. The maximum absolute atomic E-state index is 12.6. The zero-order valence-corrected chi connectivity index (χ0v) is 13.5. The summed E-state index contributed by atoms with van der Waals surface area (Å²) in [5.74, 6) is -0.603. The number of hydrogen-bond donors (Lipinski definition) is 2. The lowest BCUT2D eigenvalue weighted by Gasteiger charge is -2.19. The molecule has 0 atom stereocenters. The van der Waals surface area contributed by atoms with E-state index in [-0.39, 0.29) is 17.1 Å². The molecule has 0 unspecified atom stereocenters. The van der Waals surface area contributed by atoms with Crippen LogP contribution >= 0.6 is 0 Å². The first-order valence-electron chi connectivity index (χ1n) is 7.68. The molecule has 0 saturated carbocycles. The zero-order valence-electron chi connectivity index (χ0n) is 13.5. The summed E-state index contributed by atoms with van der Waals surface area (Å²) in [5, 5.41) is 20.3. The molecule has 1 amide bonds. The second-order valence-electron chi connectivity index (χ2n) is 5.53. The fraction of sp³-hybridized carbons (Fsp3) is 0.111. The van der Waals surface area contributed by atoms with Crippen molar-refractivity contribution in [1.82, 2.24) is 15.5 Å². The van der Waals surface area contributed by atoms with Crippen molar-refractivity contribution in [1.29, 1.82) is 0 Å². The number of aryl methyl sites for hydroxylation is 1. The van der Waals surface area contributed by atoms with Gasteiger partial charge in [0.25, 0.3) is 5.91 Å². The van der Waals surface area contributed by atoms with E-state index in [1.807, 2.05) is 60.7 Å². The largest absolute Gasteiger partial charge is 0.339 e. The number of H-pyrrole nitrogens is 1. The van der Waals surface area contributed by atoms with Crippen LogP contribution in [-0.2, 0) is 0 Å². The van der Waals surface area contributed by atoms with Gasteiger partial charge in [0, 0.05) is 0 Å². The summed E-state index contributed by atoms with van der Waals surface area (Å²) in [6, 6.07) is 18.4. The van der Waals surface area contributed by atoms with Gasteiger partial charge in [-0.15, -0.1) is 0 Å². The van der Waals surface area contributed by atoms with Crippen molar-refractivity contribution in [2.45, 2.75) is 13.0 Å². The van der Waals surface area contributed by atoms with Crippen LogP contribution in [0.15, 0.2) is 60.7 Å². The van der Waals surface area contributed by atoms with E-state index in [1.54, 1.807) is 0 Å². The zero-order chi connectivity index (χ0) is 17.8. The van der Waals surface area contributed by atoms with E-state index >= 15 is 0 Å². The number of hydrogen-bond acceptors (Lipinski definition) is 4. The van der Waals surface area contributed by atoms with Gasteiger partial charge in [-0.05, 0) is 18.1 Å². The van der Waals surface area contributed by atoms with Gasteiger partial charge in [-0.3, -0.25) is 20.0 Å². The van der Waals surface area contributed by atoms with Crippen molar-refractivity contribution in [3.05, 3.63) is 93.3 Å². The number of benzene rings is 2. The molecule has 2 aromatic carbocycles. The van der Waals surface area contributed by atoms with E-state index in [4.69, 9.17) is 0 Å². The molecule has 0 bridgehead atoms. The molecule has 0 aliphatic heterocycles. The van der Waals surface area contributed by atoms with E-state index in [1.165, 1.54) is 6.92 Å². The van der Waals surface area contributed by atoms with Crippen LogP contribution in [0.4, 0.5) is 5.69 Å². The molecule has 0 aliphatic carbocycles. The Balaban J connectivity index is 1.96. The number of aromatic nitrogens is 2. The molecule has 25 heavy (non-hydrogen) atoms. The van der Waals surface area contributed by atoms with Gasteiger partial charge in [-0.1, -0.05) is 60.7 Å². The van der Waals surface area contributed by atoms with Crippen molar-refractivity contribution >= 4 is 11.6 Å². The normalized spacial score (nSPS) is 10.6. The van der Waals surface area contributed by atoms with Crippen molar-refractivity contribution in [3.63, 3.8) is 0 Å². The topological polar surface area (TPSA) is 101 Å². The van der Waals surface area contributed by atoms with Crippen LogP contribution in [0, 0.1) is 17.0 Å². The summed E-state index contributed by atoms with van der Waals surface area (Å²) in [6.45, 7) is 1.51. The molecule has 2 N–H and O–H groups in total. The molecule has 7 nitrogen and oxygen atoms in total. The van der Waals surface area contributed by atoms with Crippen LogP contribution in [-0.4, -0.2) is 21.0 Å². The molecule has 1 heterocycles. The summed E-state index contributed by atoms with van der Waals surface area (Å²) < 4.78 is 0. The Morgan fingerprint density at radius 2 is 1.60 bits per heavy atom. The number of nitro groups is 1. The minimum absolute atomic E-state index is 0.223. The van der Waals surface area contributed by atoms with E-state index in [0.717, 1.165) is 11.1 Å². The summed E-state index contributed by atoms with van der Waals surface area (Å²) in [4.78, 5) is 23.2. The lowest BCUT2D eigenvalue weighted by atomic mass is 9.98. The second kappa shape index (κ2) is 6.96. The summed E-state index contributed by atoms with van der Waals surface area (Å²) in [6.07, 6.45) is 0. The fourth-order valence-electron chi connectivity index (χ4n) is 2.65. The number of nitrogens with one attached hydrogen (secondary N) is 2. The van der Waals surface area contributed by atoms with Gasteiger partial charge in [0.2, 0.25) is 5.69 Å². The minimum atomic E-state index is -0.603. The first kappa shape index (κ1) is 16.4. The highest BCUT2D eigenvalue weighted by atomic mass is 16.6. The van der Waals surface area contributed by atoms with Crippen LogP contribution in [0.25, 0.3) is 0 Å². The lowest BCUT2D eigenvalue weighted by molar-refractivity contribution is -0.385. The third-order valence-corrected chi connectivity index (χ3v) is 3.85. The highest BCUT2D eigenvalue weighted by Crippen LogP contribution is 2.25. The maximum atomic E-state index is 12.6. The predicted octanol–water partition coefficient (Wildman–Crippen LogP) is 3.15. The number of amides is 1. The molecular formula is C18H16N4O3. The Labute approximate surface area is 143 Å². The molecule has 0 aliphatic rings. The molecule has 0 saturated heterocycles. The van der Waals surface area contributed by atoms with E-state index in [2.05, 4.69) is 15.5 Å². The highest BCUT2D eigenvalue weighted by Gasteiger charge is 2.29. The summed E-state index contributed by atoms with van der Waals surface area (Å²) >= 11 is 0. The first-order chi connectivity index (χ1) is 12.1. The first-order valence-corrected chi connectivity index (χ1v) is 7.68. The molecule has 3 aromatic rings. The Hall–Kier alpha value is -3.48. The van der Waals surface area contributed by atoms with Crippen LogP contribution < -0.4 is 5.32 Å². The summed E-state index contributed by atoms with van der Waals surface area (Å²) in [5.41, 5.74) is 1.46. The molecule has 126 valence electrons. The Morgan fingerprint density at radius 3 is 2.08 bits per heavy atom. The van der Waals surface area contributed by atoms with Crippen molar-refractivity contribution in [2.75, 3.05) is 0 Å². The van der Waals surface area contributed by atoms with E-state index in [0.29, 0.717) is 0 Å². The number of carbonyl (C=O) groups excluding carboxylic acids is 1. The average Bonchev–Trinajstić information content (AvgIpc) is 3.03. The molecule has 0 fully saturated rings. The molecule has 1 aromatic heterocycles. The molecular weight excluding hydrogens is 320 g/mol. The van der Waals surface area contributed by atoms with Gasteiger partial charge < -0.3 is 5.32 Å². The third kappa shape index (κ3) is 3.40. The Morgan fingerprint density at radius 1 is 1.08 bits per heavy atom. The number of aromatic amines is 1. The van der Waals surface area contributed by atoms with Gasteiger partial charge >= 0.3 is 5.69 Å². The van der Waals surface area contributed by atoms with E-state index < -0.39 is 16.9 Å². The van der Waals surface area contributed by atoms with Gasteiger partial charge in [0.15, 0.2) is 0 Å². The minimum Gasteiger partial charge on any atom is -0.339 e. The Kier molecular flexibility index (Phi) is 4.56. The van der Waals surface area contributed by atoms with Gasteiger partial charge in [-0.25, -0.2) is 0 Å². The van der Waals surface area contributed by atoms with Crippen LogP contribution in [0.2, 0.25) is 0 Å². The maximum Gasteiger partial charge on any atom is 0.322 e. The van der Waals surface area contributed by atoms with Crippen molar-refractivity contribution in [2.24, 2.45) is 0 Å². The smallest absolute Gasteiger partial charge is 0.322 e. The van der Waals surface area contributed by atoms with Gasteiger partial charge in [0.1, 0.15) is 5.69 Å². The fourth-order valence-corrected chi connectivity index (χ4v) is 2.65. The number of carbonyl (C=O) groups is 1. The van der Waals surface area contributed by atoms with Crippen LogP contribution in [0.5, 0.6) is 0 Å². The second-order valence-corrected chi connectivity index (χ2v) is 5.53. The molecule has 0 radical (unpaired) electrons. The Bertz CT molecular complexity index is 852. The molecule has 7 heteroatoms. The highest BCUT2D eigenvalue weighted by molar-refractivity contribution is 5.97. The predicted molar refractivity (Wildman–Crippen MR) is 92.2 cm³/mol. The molecule has 0 spiro atoms. The standard InChI is InChI=1S/C18H16N4O3/c1-12-17(22(24)25)16(21-20-12)18(23)19-15(13-8-4-2-5-9-13)14-10-6-3-7-11-14/h2-11,15H,1H3,(H,19,23)(H,20,21). The lowest BCUT2D eigenvalue weighted by Crippen LogP contribution is -2.30. The van der Waals surface area contributed by atoms with Gasteiger partial charge in [0.05, 0.1) is 11.0 Å². The monoisotopic (exact) mass is 336 g/mol. The molecule has 3 rings (SSSR count). The van der Waals surface area contributed by atoms with Gasteiger partial charge in [-0.2, -0.15) is 5.10 Å². The van der Waals surface area contributed by atoms with E-state index in [9.17, 15) is 14.9 Å². The van der Waals surface area contributed by atoms with Crippen LogP contribution in [0.1, 0.15) is 33.4 Å². The quantitative estimate of drug-likeness (QED) is 0.552. The van der Waals surface area contributed by atoms with Crippen LogP contribution in [0.3, 0.4) is 0 Å². The van der Waals surface area contributed by atoms with Crippen molar-refractivity contribution in [3.8, 4) is 0 Å². The number of nitrogens with zero attached hydrogens (tertiary/aromatic N) is 2.